The molecule has 7 heteroatoms. The second-order valence-electron chi connectivity index (χ2n) is 4.96. The van der Waals surface area contributed by atoms with Crippen molar-refractivity contribution in [3.8, 4) is 0 Å². The van der Waals surface area contributed by atoms with Crippen molar-refractivity contribution in [2.75, 3.05) is 11.9 Å². The van der Waals surface area contributed by atoms with E-state index >= 15 is 0 Å². The largest absolute Gasteiger partial charge is 0.406 e. The quantitative estimate of drug-likeness (QED) is 0.622. The molecule has 0 unspecified atom stereocenters. The van der Waals surface area contributed by atoms with E-state index in [0.29, 0.717) is 18.2 Å². The van der Waals surface area contributed by atoms with Crippen LogP contribution in [0.15, 0.2) is 0 Å². The minimum atomic E-state index is -0.450. The molecule has 100 valence electrons. The smallest absolute Gasteiger partial charge is 0.358 e. The zero-order valence-electron chi connectivity index (χ0n) is 10.8. The van der Waals surface area contributed by atoms with Gasteiger partial charge in [0.2, 0.25) is 11.6 Å². The van der Waals surface area contributed by atoms with Crippen LogP contribution in [-0.4, -0.2) is 26.6 Å². The van der Waals surface area contributed by atoms with E-state index in [1.807, 2.05) is 0 Å². The minimum Gasteiger partial charge on any atom is -0.358 e. The predicted molar refractivity (Wildman–Crippen MR) is 68.5 cm³/mol. The number of nitrogens with zero attached hydrogens (tertiary/aromatic N) is 3. The van der Waals surface area contributed by atoms with Crippen LogP contribution in [0.4, 0.5) is 11.6 Å². The molecule has 0 saturated heterocycles. The average molecular weight is 253 g/mol. The normalized spacial score (nSPS) is 17.9. The number of hydrogen-bond donors (Lipinski definition) is 2. The van der Waals surface area contributed by atoms with Crippen LogP contribution in [-0.2, 0) is 7.05 Å². The van der Waals surface area contributed by atoms with Crippen LogP contribution in [0, 0.1) is 17.0 Å². The fraction of sp³-hybridized carbons (Fsp3) is 0.727. The molecule has 0 amide bonds. The number of aryl methyl sites for hydroxylation is 1. The second-order valence-corrected chi connectivity index (χ2v) is 4.96. The van der Waals surface area contributed by atoms with E-state index in [4.69, 9.17) is 5.73 Å². The van der Waals surface area contributed by atoms with Gasteiger partial charge in [0.25, 0.3) is 0 Å². The van der Waals surface area contributed by atoms with Gasteiger partial charge < -0.3 is 21.2 Å². The first kappa shape index (κ1) is 12.8. The van der Waals surface area contributed by atoms with Gasteiger partial charge in [0, 0.05) is 20.5 Å². The molecule has 1 fully saturated rings. The lowest BCUT2D eigenvalue weighted by Gasteiger charge is -2.29. The maximum absolute atomic E-state index is 11.0. The fourth-order valence-electron chi connectivity index (χ4n) is 2.54. The molecule has 3 N–H and O–H groups in total. The summed E-state index contributed by atoms with van der Waals surface area (Å²) >= 11 is 0. The number of imidazole rings is 1. The molecule has 0 radical (unpaired) electrons. The zero-order chi connectivity index (χ0) is 13.3. The van der Waals surface area contributed by atoms with Gasteiger partial charge in [0.05, 0.1) is 5.54 Å². The molecule has 0 atom stereocenters. The molecule has 1 aliphatic carbocycles. The molecule has 0 bridgehead atoms. The van der Waals surface area contributed by atoms with E-state index in [2.05, 4.69) is 10.3 Å². The van der Waals surface area contributed by atoms with Gasteiger partial charge in [-0.05, 0) is 22.7 Å². The van der Waals surface area contributed by atoms with E-state index < -0.39 is 4.92 Å². The van der Waals surface area contributed by atoms with Crippen LogP contribution in [0.25, 0.3) is 0 Å². The van der Waals surface area contributed by atoms with Crippen LogP contribution >= 0.6 is 0 Å². The standard InChI is InChI=1S/C11H19N5O2/c1-8-13-9(16(17)18)10(15(8)2)14-11(7-12)5-3-4-6-11/h14H,3-7,12H2,1-2H3. The third-order valence-corrected chi connectivity index (χ3v) is 3.81. The Morgan fingerprint density at radius 2 is 2.17 bits per heavy atom. The summed E-state index contributed by atoms with van der Waals surface area (Å²) in [5.74, 6) is 0.967. The molecule has 0 spiro atoms. The lowest BCUT2D eigenvalue weighted by molar-refractivity contribution is -0.388. The molecular weight excluding hydrogens is 234 g/mol. The van der Waals surface area contributed by atoms with Gasteiger partial charge in [-0.1, -0.05) is 12.8 Å². The third kappa shape index (κ3) is 2.05. The molecule has 1 aromatic rings. The number of hydrogen-bond acceptors (Lipinski definition) is 5. The highest BCUT2D eigenvalue weighted by Gasteiger charge is 2.36. The molecule has 0 aliphatic heterocycles. The van der Waals surface area contributed by atoms with Crippen molar-refractivity contribution in [1.29, 1.82) is 0 Å². The Hall–Kier alpha value is -1.63. The maximum atomic E-state index is 11.0. The van der Waals surface area contributed by atoms with Crippen LogP contribution in [0.2, 0.25) is 0 Å². The van der Waals surface area contributed by atoms with Crippen molar-refractivity contribution in [3.05, 3.63) is 15.9 Å². The van der Waals surface area contributed by atoms with Crippen molar-refractivity contribution in [1.82, 2.24) is 9.55 Å². The first-order chi connectivity index (χ1) is 8.49. The lowest BCUT2D eigenvalue weighted by atomic mass is 9.98. The first-order valence-corrected chi connectivity index (χ1v) is 6.15. The summed E-state index contributed by atoms with van der Waals surface area (Å²) in [4.78, 5) is 14.5. The van der Waals surface area contributed by atoms with Crippen molar-refractivity contribution < 1.29 is 4.92 Å². The predicted octanol–water partition coefficient (Wildman–Crippen LogP) is 1.32. The van der Waals surface area contributed by atoms with Gasteiger partial charge in [0.1, 0.15) is 0 Å². The second kappa shape index (κ2) is 4.56. The molecule has 1 saturated carbocycles. The van der Waals surface area contributed by atoms with Gasteiger partial charge in [-0.15, -0.1) is 0 Å². The molecule has 1 aliphatic rings. The summed E-state index contributed by atoms with van der Waals surface area (Å²) in [7, 11) is 1.77. The Labute approximate surface area is 106 Å². The van der Waals surface area contributed by atoms with Gasteiger partial charge in [-0.25, -0.2) is 0 Å². The van der Waals surface area contributed by atoms with E-state index in [-0.39, 0.29) is 11.4 Å². The van der Waals surface area contributed by atoms with Crippen LogP contribution in [0.1, 0.15) is 31.5 Å². The Bertz CT molecular complexity index is 462. The summed E-state index contributed by atoms with van der Waals surface area (Å²) in [6.45, 7) is 2.23. The summed E-state index contributed by atoms with van der Waals surface area (Å²) in [6, 6.07) is 0. The van der Waals surface area contributed by atoms with E-state index in [1.165, 1.54) is 0 Å². The van der Waals surface area contributed by atoms with Gasteiger partial charge in [0.15, 0.2) is 0 Å². The number of anilines is 1. The van der Waals surface area contributed by atoms with Crippen LogP contribution < -0.4 is 11.1 Å². The van der Waals surface area contributed by atoms with Gasteiger partial charge in [-0.3, -0.25) is 4.57 Å². The molecule has 2 rings (SSSR count). The molecule has 1 aromatic heterocycles. The molecule has 7 nitrogen and oxygen atoms in total. The topological polar surface area (TPSA) is 99.0 Å². The maximum Gasteiger partial charge on any atom is 0.406 e. The highest BCUT2D eigenvalue weighted by Crippen LogP contribution is 2.35. The lowest BCUT2D eigenvalue weighted by Crippen LogP contribution is -2.43. The van der Waals surface area contributed by atoms with Gasteiger partial charge in [-0.2, -0.15) is 0 Å². The number of aromatic nitrogens is 2. The van der Waals surface area contributed by atoms with E-state index in [1.54, 1.807) is 18.5 Å². The Morgan fingerprint density at radius 1 is 1.56 bits per heavy atom. The number of rotatable bonds is 4. The number of nitrogens with two attached hydrogens (primary N) is 1. The van der Waals surface area contributed by atoms with Crippen molar-refractivity contribution in [2.24, 2.45) is 12.8 Å². The molecule has 0 aromatic carbocycles. The van der Waals surface area contributed by atoms with Crippen LogP contribution in [0.5, 0.6) is 0 Å². The Balaban J connectivity index is 2.35. The SMILES string of the molecule is Cc1nc([N+](=O)[O-])c(NC2(CN)CCCC2)n1C. The highest BCUT2D eigenvalue weighted by atomic mass is 16.6. The number of nitro groups is 1. The molecule has 1 heterocycles. The van der Waals surface area contributed by atoms with Crippen molar-refractivity contribution in [2.45, 2.75) is 38.1 Å². The van der Waals surface area contributed by atoms with Gasteiger partial charge >= 0.3 is 5.82 Å². The molecular formula is C11H19N5O2. The summed E-state index contributed by atoms with van der Waals surface area (Å²) in [5.41, 5.74) is 5.62. The average Bonchev–Trinajstić information content (AvgIpc) is 2.90. The van der Waals surface area contributed by atoms with Crippen molar-refractivity contribution >= 4 is 11.6 Å². The summed E-state index contributed by atoms with van der Waals surface area (Å²) < 4.78 is 1.72. The van der Waals surface area contributed by atoms with Crippen molar-refractivity contribution in [3.63, 3.8) is 0 Å². The fourth-order valence-corrected chi connectivity index (χ4v) is 2.54. The Kier molecular flexibility index (Phi) is 3.25. The summed E-state index contributed by atoms with van der Waals surface area (Å²) in [5, 5.41) is 14.3. The summed E-state index contributed by atoms with van der Waals surface area (Å²) in [6.07, 6.45) is 4.11. The first-order valence-electron chi connectivity index (χ1n) is 6.15. The van der Waals surface area contributed by atoms with E-state index in [9.17, 15) is 10.1 Å². The minimum absolute atomic E-state index is 0.116. The monoisotopic (exact) mass is 253 g/mol. The highest BCUT2D eigenvalue weighted by molar-refractivity contribution is 5.55. The number of nitrogens with one attached hydrogen (secondary N) is 1. The Morgan fingerprint density at radius 3 is 2.67 bits per heavy atom. The zero-order valence-corrected chi connectivity index (χ0v) is 10.8. The van der Waals surface area contributed by atoms with Crippen LogP contribution in [0.3, 0.4) is 0 Å². The van der Waals surface area contributed by atoms with E-state index in [0.717, 1.165) is 25.7 Å². The molecule has 18 heavy (non-hydrogen) atoms. The third-order valence-electron chi connectivity index (χ3n) is 3.81.